The lowest BCUT2D eigenvalue weighted by Gasteiger charge is -2.20. The number of aliphatic hydroxyl groups excluding tert-OH is 1. The Morgan fingerprint density at radius 1 is 1.47 bits per heavy atom. The Balaban J connectivity index is 2.90. The fourth-order valence-electron chi connectivity index (χ4n) is 1.44. The average Bonchev–Trinajstić information content (AvgIpc) is 2.27. The number of aldehydes is 1. The van der Waals surface area contributed by atoms with E-state index in [2.05, 4.69) is 0 Å². The molecule has 1 atom stereocenters. The molecule has 0 aromatic rings. The van der Waals surface area contributed by atoms with Crippen LogP contribution < -0.4 is 0 Å². The van der Waals surface area contributed by atoms with Crippen LogP contribution in [0.2, 0.25) is 0 Å². The van der Waals surface area contributed by atoms with Gasteiger partial charge in [-0.25, -0.2) is 0 Å². The van der Waals surface area contributed by atoms with Crippen LogP contribution in [0, 0.1) is 5.92 Å². The van der Waals surface area contributed by atoms with Gasteiger partial charge in [-0.2, -0.15) is 0 Å². The molecule has 0 fully saturated rings. The van der Waals surface area contributed by atoms with Gasteiger partial charge in [0, 0.05) is 12.3 Å². The molecule has 0 heterocycles. The van der Waals surface area contributed by atoms with Gasteiger partial charge in [0.15, 0.2) is 11.5 Å². The minimum atomic E-state index is 0.0102. The molecule has 0 saturated heterocycles. The van der Waals surface area contributed by atoms with Crippen LogP contribution in [-0.4, -0.2) is 25.6 Å². The SMILES string of the molecule is COC1=CC(/C=C/C=O)CC(OC)=C1O. The second-order valence-corrected chi connectivity index (χ2v) is 3.10. The molecular formula is C11H14O4. The van der Waals surface area contributed by atoms with Gasteiger partial charge in [-0.3, -0.25) is 4.79 Å². The summed E-state index contributed by atoms with van der Waals surface area (Å²) in [4.78, 5) is 10.2. The van der Waals surface area contributed by atoms with E-state index in [1.807, 2.05) is 0 Å². The van der Waals surface area contributed by atoms with Gasteiger partial charge >= 0.3 is 0 Å². The molecule has 1 rings (SSSR count). The molecule has 1 aliphatic carbocycles. The Hall–Kier alpha value is -1.71. The standard InChI is InChI=1S/C11H14O4/c1-14-9-6-8(4-3-5-12)7-10(15-2)11(9)13/h3-6,8,13H,7H2,1-2H3/b4-3+. The third-order valence-electron chi connectivity index (χ3n) is 2.19. The normalized spacial score (nSPS) is 21.5. The molecule has 0 bridgehead atoms. The highest BCUT2D eigenvalue weighted by Gasteiger charge is 2.21. The van der Waals surface area contributed by atoms with Crippen LogP contribution in [0.15, 0.2) is 35.5 Å². The molecule has 0 amide bonds. The predicted octanol–water partition coefficient (Wildman–Crippen LogP) is 1.71. The first-order valence-corrected chi connectivity index (χ1v) is 4.57. The maximum absolute atomic E-state index is 10.2. The van der Waals surface area contributed by atoms with Gasteiger partial charge in [0.25, 0.3) is 0 Å². The van der Waals surface area contributed by atoms with Crippen molar-refractivity contribution in [2.75, 3.05) is 14.2 Å². The highest BCUT2D eigenvalue weighted by molar-refractivity contribution is 5.64. The lowest BCUT2D eigenvalue weighted by Crippen LogP contribution is -2.10. The van der Waals surface area contributed by atoms with Crippen LogP contribution in [0.5, 0.6) is 0 Å². The smallest absolute Gasteiger partial charge is 0.196 e. The van der Waals surface area contributed by atoms with Crippen molar-refractivity contribution in [3.8, 4) is 0 Å². The monoisotopic (exact) mass is 210 g/mol. The third-order valence-corrected chi connectivity index (χ3v) is 2.19. The second-order valence-electron chi connectivity index (χ2n) is 3.10. The van der Waals surface area contributed by atoms with E-state index in [-0.39, 0.29) is 11.7 Å². The van der Waals surface area contributed by atoms with E-state index in [0.717, 1.165) is 0 Å². The Labute approximate surface area is 88.5 Å². The second kappa shape index (κ2) is 5.24. The fraction of sp³-hybridized carbons (Fsp3) is 0.364. The number of allylic oxidation sites excluding steroid dienone is 4. The van der Waals surface area contributed by atoms with Crippen LogP contribution in [0.25, 0.3) is 0 Å². The molecule has 82 valence electrons. The lowest BCUT2D eigenvalue weighted by molar-refractivity contribution is -0.104. The summed E-state index contributed by atoms with van der Waals surface area (Å²) in [5.41, 5.74) is 0. The van der Waals surface area contributed by atoms with Crippen molar-refractivity contribution in [2.45, 2.75) is 6.42 Å². The summed E-state index contributed by atoms with van der Waals surface area (Å²) in [5, 5.41) is 9.64. The Morgan fingerprint density at radius 3 is 2.73 bits per heavy atom. The summed E-state index contributed by atoms with van der Waals surface area (Å²) in [6.07, 6.45) is 6.14. The third kappa shape index (κ3) is 2.62. The van der Waals surface area contributed by atoms with Gasteiger partial charge in [0.2, 0.25) is 0 Å². The molecule has 1 unspecified atom stereocenters. The summed E-state index contributed by atoms with van der Waals surface area (Å²) < 4.78 is 10.0. The van der Waals surface area contributed by atoms with Crippen LogP contribution in [0.4, 0.5) is 0 Å². The number of aliphatic hydroxyl groups is 1. The molecule has 0 aromatic carbocycles. The van der Waals surface area contributed by atoms with E-state index >= 15 is 0 Å². The minimum absolute atomic E-state index is 0.0102. The first-order valence-electron chi connectivity index (χ1n) is 4.57. The predicted molar refractivity (Wildman–Crippen MR) is 55.1 cm³/mol. The highest BCUT2D eigenvalue weighted by Crippen LogP contribution is 2.28. The zero-order valence-electron chi connectivity index (χ0n) is 8.77. The number of rotatable bonds is 4. The molecule has 1 N–H and O–H groups in total. The summed E-state index contributed by atoms with van der Waals surface area (Å²) in [6.45, 7) is 0. The first-order chi connectivity index (χ1) is 7.22. The van der Waals surface area contributed by atoms with Crippen molar-refractivity contribution in [3.05, 3.63) is 35.5 Å². The van der Waals surface area contributed by atoms with Crippen molar-refractivity contribution in [2.24, 2.45) is 5.92 Å². The number of methoxy groups -OCH3 is 2. The van der Waals surface area contributed by atoms with Crippen LogP contribution in [0.1, 0.15) is 6.42 Å². The number of hydrogen-bond acceptors (Lipinski definition) is 4. The molecule has 0 saturated carbocycles. The zero-order valence-corrected chi connectivity index (χ0v) is 8.77. The van der Waals surface area contributed by atoms with Gasteiger partial charge in [0.05, 0.1) is 14.2 Å². The van der Waals surface area contributed by atoms with E-state index in [4.69, 9.17) is 9.47 Å². The van der Waals surface area contributed by atoms with Crippen LogP contribution in [-0.2, 0) is 14.3 Å². The molecule has 15 heavy (non-hydrogen) atoms. The molecule has 4 heteroatoms. The summed E-state index contributed by atoms with van der Waals surface area (Å²) >= 11 is 0. The molecular weight excluding hydrogens is 196 g/mol. The first kappa shape index (κ1) is 11.4. The topological polar surface area (TPSA) is 55.8 Å². The maximum Gasteiger partial charge on any atom is 0.196 e. The molecule has 0 aromatic heterocycles. The zero-order chi connectivity index (χ0) is 11.3. The molecule has 0 aliphatic heterocycles. The Kier molecular flexibility index (Phi) is 3.97. The Morgan fingerprint density at radius 2 is 2.20 bits per heavy atom. The lowest BCUT2D eigenvalue weighted by atomic mass is 9.97. The number of hydrogen-bond donors (Lipinski definition) is 1. The summed E-state index contributed by atoms with van der Waals surface area (Å²) in [6, 6.07) is 0. The number of ether oxygens (including phenoxy) is 2. The van der Waals surface area contributed by atoms with E-state index in [1.165, 1.54) is 20.3 Å². The molecule has 0 spiro atoms. The van der Waals surface area contributed by atoms with Crippen molar-refractivity contribution >= 4 is 6.29 Å². The van der Waals surface area contributed by atoms with Crippen LogP contribution in [0.3, 0.4) is 0 Å². The molecule has 4 nitrogen and oxygen atoms in total. The van der Waals surface area contributed by atoms with E-state index in [1.54, 1.807) is 12.2 Å². The minimum Gasteiger partial charge on any atom is -0.502 e. The molecule has 1 aliphatic rings. The van der Waals surface area contributed by atoms with Gasteiger partial charge in [-0.05, 0) is 12.2 Å². The van der Waals surface area contributed by atoms with Gasteiger partial charge in [-0.15, -0.1) is 0 Å². The highest BCUT2D eigenvalue weighted by atomic mass is 16.5. The van der Waals surface area contributed by atoms with Gasteiger partial charge in [0.1, 0.15) is 12.0 Å². The molecule has 0 radical (unpaired) electrons. The van der Waals surface area contributed by atoms with Crippen molar-refractivity contribution < 1.29 is 19.4 Å². The maximum atomic E-state index is 10.2. The van der Waals surface area contributed by atoms with Crippen molar-refractivity contribution in [1.82, 2.24) is 0 Å². The van der Waals surface area contributed by atoms with Gasteiger partial charge < -0.3 is 14.6 Å². The van der Waals surface area contributed by atoms with E-state index < -0.39 is 0 Å². The van der Waals surface area contributed by atoms with Gasteiger partial charge in [-0.1, -0.05) is 6.08 Å². The van der Waals surface area contributed by atoms with Crippen molar-refractivity contribution in [1.29, 1.82) is 0 Å². The fourth-order valence-corrected chi connectivity index (χ4v) is 1.44. The number of carbonyl (C=O) groups excluding carboxylic acids is 1. The van der Waals surface area contributed by atoms with E-state index in [0.29, 0.717) is 24.2 Å². The van der Waals surface area contributed by atoms with Crippen molar-refractivity contribution in [3.63, 3.8) is 0 Å². The van der Waals surface area contributed by atoms with E-state index in [9.17, 15) is 9.90 Å². The summed E-state index contributed by atoms with van der Waals surface area (Å²) in [5.74, 6) is 0.875. The Bertz CT molecular complexity index is 325. The number of carbonyl (C=O) groups is 1. The quantitative estimate of drug-likeness (QED) is 0.567. The average molecular weight is 210 g/mol. The van der Waals surface area contributed by atoms with Crippen LogP contribution >= 0.6 is 0 Å². The largest absolute Gasteiger partial charge is 0.502 e. The summed E-state index contributed by atoms with van der Waals surface area (Å²) in [7, 11) is 2.96.